The number of aromatic nitrogens is 3. The standard InChI is InChI=1S/C20H19F3N4O3S/c1-29-9-10-30-17-8-7-14(20(21,22)23)11-16(17)25-18(28)12-31-19-26-24-13-27(19)15-5-3-2-4-6-15/h2-8,11,13H,9-10,12H2,1H3,(H,25,28). The third kappa shape index (κ3) is 6.22. The second-order valence-electron chi connectivity index (χ2n) is 6.21. The molecule has 3 rings (SSSR count). The van der Waals surface area contributed by atoms with E-state index in [2.05, 4.69) is 15.5 Å². The molecule has 1 amide bonds. The van der Waals surface area contributed by atoms with Gasteiger partial charge in [0, 0.05) is 12.8 Å². The lowest BCUT2D eigenvalue weighted by Gasteiger charge is -2.15. The van der Waals surface area contributed by atoms with E-state index in [1.165, 1.54) is 19.5 Å². The Morgan fingerprint density at radius 1 is 1.16 bits per heavy atom. The molecule has 0 radical (unpaired) electrons. The maximum atomic E-state index is 13.1. The topological polar surface area (TPSA) is 78.3 Å². The molecule has 1 heterocycles. The number of amides is 1. The first-order chi connectivity index (χ1) is 14.9. The minimum atomic E-state index is -4.55. The van der Waals surface area contributed by atoms with Gasteiger partial charge in [-0.25, -0.2) is 0 Å². The average molecular weight is 452 g/mol. The van der Waals surface area contributed by atoms with Crippen molar-refractivity contribution in [1.29, 1.82) is 0 Å². The fraction of sp³-hybridized carbons (Fsp3) is 0.250. The first-order valence-corrected chi connectivity index (χ1v) is 10.1. The Hall–Kier alpha value is -3.05. The number of carbonyl (C=O) groups excluding carboxylic acids is 1. The van der Waals surface area contributed by atoms with Crippen molar-refractivity contribution in [3.63, 3.8) is 0 Å². The van der Waals surface area contributed by atoms with Crippen LogP contribution in [0.15, 0.2) is 60.0 Å². The zero-order chi connectivity index (χ0) is 22.3. The number of nitrogens with zero attached hydrogens (tertiary/aromatic N) is 3. The summed E-state index contributed by atoms with van der Waals surface area (Å²) < 4.78 is 51.3. The van der Waals surface area contributed by atoms with Crippen LogP contribution in [-0.4, -0.2) is 46.7 Å². The highest BCUT2D eigenvalue weighted by molar-refractivity contribution is 7.99. The highest BCUT2D eigenvalue weighted by Crippen LogP contribution is 2.35. The largest absolute Gasteiger partial charge is 0.489 e. The molecule has 0 spiro atoms. The SMILES string of the molecule is COCCOc1ccc(C(F)(F)F)cc1NC(=O)CSc1nncn1-c1ccccc1. The summed E-state index contributed by atoms with van der Waals surface area (Å²) in [6.07, 6.45) is -3.03. The van der Waals surface area contributed by atoms with Crippen molar-refractivity contribution in [1.82, 2.24) is 14.8 Å². The van der Waals surface area contributed by atoms with E-state index in [1.807, 2.05) is 30.3 Å². The predicted octanol–water partition coefficient (Wildman–Crippen LogP) is 4.04. The molecule has 0 atom stereocenters. The Morgan fingerprint density at radius 2 is 1.94 bits per heavy atom. The van der Waals surface area contributed by atoms with Crippen LogP contribution < -0.4 is 10.1 Å². The van der Waals surface area contributed by atoms with E-state index in [9.17, 15) is 18.0 Å². The van der Waals surface area contributed by atoms with E-state index < -0.39 is 17.6 Å². The maximum absolute atomic E-state index is 13.1. The maximum Gasteiger partial charge on any atom is 0.416 e. The van der Waals surface area contributed by atoms with Crippen LogP contribution in [0.3, 0.4) is 0 Å². The van der Waals surface area contributed by atoms with Crippen LogP contribution in [0, 0.1) is 0 Å². The number of ether oxygens (including phenoxy) is 2. The molecule has 11 heteroatoms. The number of thioether (sulfide) groups is 1. The molecular formula is C20H19F3N4O3S. The second kappa shape index (κ2) is 10.3. The third-order valence-corrected chi connectivity index (χ3v) is 4.95. The van der Waals surface area contributed by atoms with E-state index in [1.54, 1.807) is 4.57 Å². The summed E-state index contributed by atoms with van der Waals surface area (Å²) >= 11 is 1.11. The van der Waals surface area contributed by atoms with Crippen molar-refractivity contribution >= 4 is 23.4 Å². The Morgan fingerprint density at radius 3 is 2.65 bits per heavy atom. The molecule has 0 aliphatic carbocycles. The lowest BCUT2D eigenvalue weighted by atomic mass is 10.1. The molecule has 0 fully saturated rings. The zero-order valence-electron chi connectivity index (χ0n) is 16.4. The van der Waals surface area contributed by atoms with Crippen LogP contribution in [0.4, 0.5) is 18.9 Å². The fourth-order valence-corrected chi connectivity index (χ4v) is 3.30. The first-order valence-electron chi connectivity index (χ1n) is 9.09. The van der Waals surface area contributed by atoms with Gasteiger partial charge in [-0.15, -0.1) is 10.2 Å². The fourth-order valence-electron chi connectivity index (χ4n) is 2.57. The molecule has 2 aromatic carbocycles. The summed E-state index contributed by atoms with van der Waals surface area (Å²) in [5.74, 6) is -0.474. The summed E-state index contributed by atoms with van der Waals surface area (Å²) in [4.78, 5) is 12.4. The van der Waals surface area contributed by atoms with Crippen molar-refractivity contribution in [2.75, 3.05) is 31.4 Å². The smallest absolute Gasteiger partial charge is 0.416 e. The van der Waals surface area contributed by atoms with Crippen molar-refractivity contribution in [3.8, 4) is 11.4 Å². The monoisotopic (exact) mass is 452 g/mol. The molecule has 31 heavy (non-hydrogen) atoms. The molecule has 164 valence electrons. The predicted molar refractivity (Wildman–Crippen MR) is 110 cm³/mol. The summed E-state index contributed by atoms with van der Waals surface area (Å²) in [6.45, 7) is 0.374. The molecule has 0 unspecified atom stereocenters. The van der Waals surface area contributed by atoms with Crippen molar-refractivity contribution < 1.29 is 27.4 Å². The van der Waals surface area contributed by atoms with Gasteiger partial charge < -0.3 is 14.8 Å². The normalized spacial score (nSPS) is 11.4. The molecule has 0 saturated heterocycles. The number of hydrogen-bond donors (Lipinski definition) is 1. The van der Waals surface area contributed by atoms with Crippen LogP contribution in [0.2, 0.25) is 0 Å². The van der Waals surface area contributed by atoms with Crippen molar-refractivity contribution in [2.45, 2.75) is 11.3 Å². The van der Waals surface area contributed by atoms with E-state index in [0.29, 0.717) is 5.16 Å². The minimum absolute atomic E-state index is 0.0685. The summed E-state index contributed by atoms with van der Waals surface area (Å²) in [7, 11) is 1.48. The molecule has 0 aliphatic heterocycles. The number of nitrogens with one attached hydrogen (secondary N) is 1. The van der Waals surface area contributed by atoms with Gasteiger partial charge in [0.25, 0.3) is 0 Å². The Balaban J connectivity index is 1.70. The van der Waals surface area contributed by atoms with Crippen LogP contribution in [0.25, 0.3) is 5.69 Å². The van der Waals surface area contributed by atoms with Gasteiger partial charge in [-0.2, -0.15) is 13.2 Å². The quantitative estimate of drug-likeness (QED) is 0.390. The molecule has 3 aromatic rings. The van der Waals surface area contributed by atoms with Gasteiger partial charge in [-0.3, -0.25) is 9.36 Å². The van der Waals surface area contributed by atoms with Gasteiger partial charge in [-0.1, -0.05) is 30.0 Å². The minimum Gasteiger partial charge on any atom is -0.489 e. The average Bonchev–Trinajstić information content (AvgIpc) is 3.22. The summed E-state index contributed by atoms with van der Waals surface area (Å²) in [6, 6.07) is 12.2. The number of anilines is 1. The molecule has 1 N–H and O–H groups in total. The second-order valence-corrected chi connectivity index (χ2v) is 7.15. The van der Waals surface area contributed by atoms with Gasteiger partial charge in [0.2, 0.25) is 5.91 Å². The summed E-state index contributed by atoms with van der Waals surface area (Å²) in [5, 5.41) is 10.8. The Labute approximate surface area is 180 Å². The zero-order valence-corrected chi connectivity index (χ0v) is 17.2. The number of benzene rings is 2. The number of carbonyl (C=O) groups is 1. The number of rotatable bonds is 9. The van der Waals surface area contributed by atoms with E-state index >= 15 is 0 Å². The molecule has 0 bridgehead atoms. The van der Waals surface area contributed by atoms with E-state index in [0.717, 1.165) is 29.6 Å². The molecular weight excluding hydrogens is 433 g/mol. The van der Waals surface area contributed by atoms with Gasteiger partial charge in [-0.05, 0) is 30.3 Å². The van der Waals surface area contributed by atoms with Crippen LogP contribution in [-0.2, 0) is 15.7 Å². The number of hydrogen-bond acceptors (Lipinski definition) is 6. The number of para-hydroxylation sites is 1. The van der Waals surface area contributed by atoms with Crippen molar-refractivity contribution in [2.24, 2.45) is 0 Å². The van der Waals surface area contributed by atoms with E-state index in [4.69, 9.17) is 9.47 Å². The Kier molecular flexibility index (Phi) is 7.53. The lowest BCUT2D eigenvalue weighted by molar-refractivity contribution is -0.137. The molecule has 0 saturated carbocycles. The van der Waals surface area contributed by atoms with Gasteiger partial charge in [0.05, 0.1) is 23.6 Å². The van der Waals surface area contributed by atoms with Crippen LogP contribution in [0.1, 0.15) is 5.56 Å². The Bertz CT molecular complexity index is 1010. The van der Waals surface area contributed by atoms with Gasteiger partial charge in [0.15, 0.2) is 5.16 Å². The molecule has 7 nitrogen and oxygen atoms in total. The molecule has 1 aromatic heterocycles. The van der Waals surface area contributed by atoms with Gasteiger partial charge >= 0.3 is 6.18 Å². The molecule has 0 aliphatic rings. The van der Waals surface area contributed by atoms with Crippen LogP contribution in [0.5, 0.6) is 5.75 Å². The number of methoxy groups -OCH3 is 1. The summed E-state index contributed by atoms with van der Waals surface area (Å²) in [5.41, 5.74) is -0.137. The highest BCUT2D eigenvalue weighted by atomic mass is 32.2. The third-order valence-electron chi connectivity index (χ3n) is 4.01. The lowest BCUT2D eigenvalue weighted by Crippen LogP contribution is -2.17. The van der Waals surface area contributed by atoms with Crippen molar-refractivity contribution in [3.05, 3.63) is 60.4 Å². The van der Waals surface area contributed by atoms with Crippen LogP contribution >= 0.6 is 11.8 Å². The number of halogens is 3. The highest BCUT2D eigenvalue weighted by Gasteiger charge is 2.31. The number of alkyl halides is 3. The first kappa shape index (κ1) is 22.6. The van der Waals surface area contributed by atoms with Gasteiger partial charge in [0.1, 0.15) is 18.7 Å². The van der Waals surface area contributed by atoms with E-state index in [-0.39, 0.29) is 30.4 Å².